The SMILES string of the molecule is CC(=O)c1cccc(NC(=O)CCNc2ccc(Br)cc2)c1. The number of anilines is 2. The third kappa shape index (κ3) is 5.00. The number of rotatable bonds is 6. The summed E-state index contributed by atoms with van der Waals surface area (Å²) < 4.78 is 1.01. The summed E-state index contributed by atoms with van der Waals surface area (Å²) in [5, 5.41) is 5.98. The first-order chi connectivity index (χ1) is 10.5. The third-order valence-electron chi connectivity index (χ3n) is 3.08. The molecule has 2 N–H and O–H groups in total. The van der Waals surface area contributed by atoms with Gasteiger partial charge in [0.1, 0.15) is 0 Å². The van der Waals surface area contributed by atoms with Gasteiger partial charge in [0.05, 0.1) is 0 Å². The number of amides is 1. The maximum atomic E-state index is 11.9. The van der Waals surface area contributed by atoms with Crippen molar-refractivity contribution in [1.29, 1.82) is 0 Å². The van der Waals surface area contributed by atoms with Crippen molar-refractivity contribution in [2.75, 3.05) is 17.2 Å². The molecule has 2 aromatic carbocycles. The molecule has 5 heteroatoms. The maximum Gasteiger partial charge on any atom is 0.226 e. The van der Waals surface area contributed by atoms with Crippen molar-refractivity contribution in [1.82, 2.24) is 0 Å². The Kier molecular flexibility index (Phi) is 5.72. The number of benzene rings is 2. The average molecular weight is 361 g/mol. The molecule has 0 bridgehead atoms. The number of carbonyl (C=O) groups excluding carboxylic acids is 2. The molecule has 0 atom stereocenters. The molecule has 0 aliphatic heterocycles. The van der Waals surface area contributed by atoms with Gasteiger partial charge in [0.25, 0.3) is 0 Å². The van der Waals surface area contributed by atoms with Gasteiger partial charge in [-0.05, 0) is 43.3 Å². The molecule has 0 radical (unpaired) electrons. The summed E-state index contributed by atoms with van der Waals surface area (Å²) in [6.07, 6.45) is 0.348. The van der Waals surface area contributed by atoms with Crippen LogP contribution in [0.15, 0.2) is 53.0 Å². The highest BCUT2D eigenvalue weighted by molar-refractivity contribution is 9.10. The molecule has 0 heterocycles. The minimum Gasteiger partial charge on any atom is -0.385 e. The Morgan fingerprint density at radius 3 is 2.45 bits per heavy atom. The van der Waals surface area contributed by atoms with E-state index in [2.05, 4.69) is 26.6 Å². The number of carbonyl (C=O) groups is 2. The van der Waals surface area contributed by atoms with Gasteiger partial charge in [-0.15, -0.1) is 0 Å². The summed E-state index contributed by atoms with van der Waals surface area (Å²) in [6, 6.07) is 14.7. The first-order valence-corrected chi connectivity index (χ1v) is 7.74. The van der Waals surface area contributed by atoms with Crippen molar-refractivity contribution >= 4 is 39.0 Å². The Labute approximate surface area is 138 Å². The van der Waals surface area contributed by atoms with Crippen molar-refractivity contribution < 1.29 is 9.59 Å². The summed E-state index contributed by atoms with van der Waals surface area (Å²) in [7, 11) is 0. The molecule has 0 unspecified atom stereocenters. The standard InChI is InChI=1S/C17H17BrN2O2/c1-12(21)13-3-2-4-16(11-13)20-17(22)9-10-19-15-7-5-14(18)6-8-15/h2-8,11,19H,9-10H2,1H3,(H,20,22). The minimum absolute atomic E-state index is 0.0204. The molecule has 2 aromatic rings. The molecule has 1 amide bonds. The zero-order valence-corrected chi connectivity index (χ0v) is 13.8. The van der Waals surface area contributed by atoms with Gasteiger partial charge in [0, 0.05) is 34.4 Å². The molecular formula is C17H17BrN2O2. The molecule has 0 aliphatic rings. The smallest absolute Gasteiger partial charge is 0.226 e. The van der Waals surface area contributed by atoms with E-state index in [1.54, 1.807) is 24.3 Å². The lowest BCUT2D eigenvalue weighted by Crippen LogP contribution is -2.16. The van der Waals surface area contributed by atoms with Gasteiger partial charge in [0.15, 0.2) is 5.78 Å². The highest BCUT2D eigenvalue weighted by Gasteiger charge is 2.04. The largest absolute Gasteiger partial charge is 0.385 e. The van der Waals surface area contributed by atoms with E-state index in [1.807, 2.05) is 24.3 Å². The fraction of sp³-hybridized carbons (Fsp3) is 0.176. The van der Waals surface area contributed by atoms with Crippen LogP contribution in [0, 0.1) is 0 Å². The molecule has 2 rings (SSSR count). The van der Waals surface area contributed by atoms with E-state index in [0.29, 0.717) is 24.2 Å². The number of Topliss-reactive ketones (excluding diaryl/α,β-unsaturated/α-hetero) is 1. The van der Waals surface area contributed by atoms with E-state index in [4.69, 9.17) is 0 Å². The number of ketones is 1. The number of hydrogen-bond donors (Lipinski definition) is 2. The predicted octanol–water partition coefficient (Wildman–Crippen LogP) is 4.09. The zero-order valence-electron chi connectivity index (χ0n) is 12.2. The summed E-state index contributed by atoms with van der Waals surface area (Å²) in [6.45, 7) is 2.04. The summed E-state index contributed by atoms with van der Waals surface area (Å²) in [5.41, 5.74) is 2.20. The van der Waals surface area contributed by atoms with Crippen molar-refractivity contribution in [3.8, 4) is 0 Å². The van der Waals surface area contributed by atoms with E-state index in [0.717, 1.165) is 10.2 Å². The first-order valence-electron chi connectivity index (χ1n) is 6.95. The lowest BCUT2D eigenvalue weighted by Gasteiger charge is -2.08. The van der Waals surface area contributed by atoms with E-state index in [1.165, 1.54) is 6.92 Å². The molecule has 0 saturated carbocycles. The Balaban J connectivity index is 1.81. The summed E-state index contributed by atoms with van der Waals surface area (Å²) in [5.74, 6) is -0.113. The van der Waals surface area contributed by atoms with Gasteiger partial charge in [-0.3, -0.25) is 9.59 Å². The predicted molar refractivity (Wildman–Crippen MR) is 92.3 cm³/mol. The molecule has 4 nitrogen and oxygen atoms in total. The molecule has 0 aromatic heterocycles. The van der Waals surface area contributed by atoms with Crippen LogP contribution >= 0.6 is 15.9 Å². The van der Waals surface area contributed by atoms with Crippen LogP contribution in [-0.4, -0.2) is 18.2 Å². The van der Waals surface area contributed by atoms with Crippen LogP contribution in [0.2, 0.25) is 0 Å². The Morgan fingerprint density at radius 1 is 1.05 bits per heavy atom. The van der Waals surface area contributed by atoms with Gasteiger partial charge in [-0.25, -0.2) is 0 Å². The molecule has 22 heavy (non-hydrogen) atoms. The lowest BCUT2D eigenvalue weighted by atomic mass is 10.1. The first kappa shape index (κ1) is 16.2. The molecule has 0 spiro atoms. The second kappa shape index (κ2) is 7.75. The van der Waals surface area contributed by atoms with Gasteiger partial charge in [0.2, 0.25) is 5.91 Å². The van der Waals surface area contributed by atoms with E-state index < -0.39 is 0 Å². The van der Waals surface area contributed by atoms with Crippen LogP contribution in [0.25, 0.3) is 0 Å². The fourth-order valence-corrected chi connectivity index (χ4v) is 2.19. The van der Waals surface area contributed by atoms with Crippen LogP contribution < -0.4 is 10.6 Å². The fourth-order valence-electron chi connectivity index (χ4n) is 1.93. The molecule has 0 fully saturated rings. The van der Waals surface area contributed by atoms with Crippen LogP contribution in [-0.2, 0) is 4.79 Å². The normalized spacial score (nSPS) is 10.1. The topological polar surface area (TPSA) is 58.2 Å². The Morgan fingerprint density at radius 2 is 1.77 bits per heavy atom. The van der Waals surface area contributed by atoms with Gasteiger partial charge < -0.3 is 10.6 Å². The second-order valence-electron chi connectivity index (χ2n) is 4.87. The highest BCUT2D eigenvalue weighted by atomic mass is 79.9. The zero-order chi connectivity index (χ0) is 15.9. The quantitative estimate of drug-likeness (QED) is 0.762. The third-order valence-corrected chi connectivity index (χ3v) is 3.61. The summed E-state index contributed by atoms with van der Waals surface area (Å²) in [4.78, 5) is 23.2. The van der Waals surface area contributed by atoms with E-state index in [9.17, 15) is 9.59 Å². The van der Waals surface area contributed by atoms with Crippen molar-refractivity contribution in [3.63, 3.8) is 0 Å². The summed E-state index contributed by atoms with van der Waals surface area (Å²) >= 11 is 3.37. The van der Waals surface area contributed by atoms with Gasteiger partial charge in [-0.2, -0.15) is 0 Å². The minimum atomic E-state index is -0.0923. The van der Waals surface area contributed by atoms with Crippen LogP contribution in [0.4, 0.5) is 11.4 Å². The lowest BCUT2D eigenvalue weighted by molar-refractivity contribution is -0.115. The van der Waals surface area contributed by atoms with Gasteiger partial charge >= 0.3 is 0 Å². The van der Waals surface area contributed by atoms with E-state index in [-0.39, 0.29) is 11.7 Å². The second-order valence-corrected chi connectivity index (χ2v) is 5.78. The molecular weight excluding hydrogens is 344 g/mol. The number of hydrogen-bond acceptors (Lipinski definition) is 3. The van der Waals surface area contributed by atoms with Crippen molar-refractivity contribution in [2.45, 2.75) is 13.3 Å². The monoisotopic (exact) mass is 360 g/mol. The van der Waals surface area contributed by atoms with Crippen LogP contribution in [0.1, 0.15) is 23.7 Å². The molecule has 0 saturated heterocycles. The Bertz CT molecular complexity index is 669. The van der Waals surface area contributed by atoms with E-state index >= 15 is 0 Å². The van der Waals surface area contributed by atoms with Crippen molar-refractivity contribution in [2.24, 2.45) is 0 Å². The molecule has 114 valence electrons. The van der Waals surface area contributed by atoms with Crippen molar-refractivity contribution in [3.05, 3.63) is 58.6 Å². The average Bonchev–Trinajstić information content (AvgIpc) is 2.49. The molecule has 0 aliphatic carbocycles. The highest BCUT2D eigenvalue weighted by Crippen LogP contribution is 2.14. The number of halogens is 1. The number of nitrogens with one attached hydrogen (secondary N) is 2. The van der Waals surface area contributed by atoms with Crippen LogP contribution in [0.3, 0.4) is 0 Å². The Hall–Kier alpha value is -2.14. The van der Waals surface area contributed by atoms with Gasteiger partial charge in [-0.1, -0.05) is 28.1 Å². The maximum absolute atomic E-state index is 11.9. The van der Waals surface area contributed by atoms with Crippen LogP contribution in [0.5, 0.6) is 0 Å².